The first-order valence-corrected chi connectivity index (χ1v) is 7.94. The maximum Gasteiger partial charge on any atom is 0.240 e. The Morgan fingerprint density at radius 2 is 2.16 bits per heavy atom. The Labute approximate surface area is 114 Å². The third kappa shape index (κ3) is 3.92. The molecule has 19 heavy (non-hydrogen) atoms. The van der Waals surface area contributed by atoms with Gasteiger partial charge in [-0.05, 0) is 49.9 Å². The monoisotopic (exact) mass is 284 g/mol. The van der Waals surface area contributed by atoms with Crippen LogP contribution in [0.15, 0.2) is 23.1 Å². The molecule has 1 fully saturated rings. The van der Waals surface area contributed by atoms with Crippen molar-refractivity contribution >= 4 is 15.7 Å². The number of sulfonamides is 1. The number of nitrogen functional groups attached to an aromatic ring is 1. The third-order valence-corrected chi connectivity index (χ3v) is 4.56. The number of ether oxygens (including phenoxy) is 1. The van der Waals surface area contributed by atoms with Crippen LogP contribution in [0, 0.1) is 6.92 Å². The quantitative estimate of drug-likeness (QED) is 0.819. The summed E-state index contributed by atoms with van der Waals surface area (Å²) in [5.41, 5.74) is 6.96. The Balaban J connectivity index is 2.04. The van der Waals surface area contributed by atoms with E-state index in [1.807, 2.05) is 6.92 Å². The minimum absolute atomic E-state index is 0.0225. The zero-order valence-corrected chi connectivity index (χ0v) is 11.9. The van der Waals surface area contributed by atoms with Gasteiger partial charge in [0.2, 0.25) is 10.0 Å². The van der Waals surface area contributed by atoms with Crippen molar-refractivity contribution in [1.29, 1.82) is 0 Å². The standard InChI is InChI=1S/C13H20N2O3S/c1-10-6-11(14)8-13(7-10)19(16,17)15-9-12-4-2-3-5-18-12/h6-8,12,15H,2-5,9,14H2,1H3. The molecular formula is C13H20N2O3S. The van der Waals surface area contributed by atoms with Gasteiger partial charge in [0.1, 0.15) is 0 Å². The van der Waals surface area contributed by atoms with E-state index in [2.05, 4.69) is 4.72 Å². The van der Waals surface area contributed by atoms with Crippen molar-refractivity contribution in [1.82, 2.24) is 4.72 Å². The van der Waals surface area contributed by atoms with Gasteiger partial charge < -0.3 is 10.5 Å². The van der Waals surface area contributed by atoms with Crippen LogP contribution in [0.2, 0.25) is 0 Å². The van der Waals surface area contributed by atoms with Crippen molar-refractivity contribution in [3.8, 4) is 0 Å². The molecule has 0 amide bonds. The van der Waals surface area contributed by atoms with Gasteiger partial charge in [0.25, 0.3) is 0 Å². The van der Waals surface area contributed by atoms with Gasteiger partial charge in [-0.25, -0.2) is 13.1 Å². The van der Waals surface area contributed by atoms with E-state index in [-0.39, 0.29) is 11.0 Å². The van der Waals surface area contributed by atoms with Gasteiger partial charge in [0.05, 0.1) is 11.0 Å². The molecule has 106 valence electrons. The fourth-order valence-electron chi connectivity index (χ4n) is 2.19. The van der Waals surface area contributed by atoms with E-state index in [0.29, 0.717) is 18.8 Å². The fourth-order valence-corrected chi connectivity index (χ4v) is 3.39. The van der Waals surface area contributed by atoms with Crippen molar-refractivity contribution in [2.75, 3.05) is 18.9 Å². The lowest BCUT2D eigenvalue weighted by Crippen LogP contribution is -2.35. The summed E-state index contributed by atoms with van der Waals surface area (Å²) in [6, 6.07) is 4.82. The molecule has 0 bridgehead atoms. The molecule has 1 unspecified atom stereocenters. The second-order valence-corrected chi connectivity index (χ2v) is 6.69. The van der Waals surface area contributed by atoms with Gasteiger partial charge in [-0.3, -0.25) is 0 Å². The van der Waals surface area contributed by atoms with Crippen molar-refractivity contribution in [3.05, 3.63) is 23.8 Å². The maximum absolute atomic E-state index is 12.2. The molecule has 0 aromatic heterocycles. The largest absolute Gasteiger partial charge is 0.399 e. The first kappa shape index (κ1) is 14.3. The Kier molecular flexibility index (Phi) is 4.44. The van der Waals surface area contributed by atoms with E-state index in [9.17, 15) is 8.42 Å². The Bertz CT molecular complexity index is 517. The molecular weight excluding hydrogens is 264 g/mol. The van der Waals surface area contributed by atoms with Crippen LogP contribution < -0.4 is 10.5 Å². The molecule has 1 aromatic carbocycles. The third-order valence-electron chi connectivity index (χ3n) is 3.16. The van der Waals surface area contributed by atoms with Crippen LogP contribution in [-0.2, 0) is 14.8 Å². The molecule has 1 aromatic rings. The van der Waals surface area contributed by atoms with E-state index in [0.717, 1.165) is 24.8 Å². The van der Waals surface area contributed by atoms with Crippen LogP contribution in [0.25, 0.3) is 0 Å². The predicted octanol–water partition coefficient (Wildman–Crippen LogP) is 1.42. The summed E-state index contributed by atoms with van der Waals surface area (Å²) < 4.78 is 32.4. The maximum atomic E-state index is 12.2. The summed E-state index contributed by atoms with van der Waals surface area (Å²) in [7, 11) is -3.51. The zero-order valence-electron chi connectivity index (χ0n) is 11.1. The number of aryl methyl sites for hydroxylation is 1. The number of nitrogens with two attached hydrogens (primary N) is 1. The van der Waals surface area contributed by atoms with E-state index < -0.39 is 10.0 Å². The van der Waals surface area contributed by atoms with E-state index >= 15 is 0 Å². The first-order chi connectivity index (χ1) is 8.97. The molecule has 5 nitrogen and oxygen atoms in total. The minimum atomic E-state index is -3.51. The highest BCUT2D eigenvalue weighted by Crippen LogP contribution is 2.17. The molecule has 0 radical (unpaired) electrons. The lowest BCUT2D eigenvalue weighted by atomic mass is 10.1. The summed E-state index contributed by atoms with van der Waals surface area (Å²) >= 11 is 0. The van der Waals surface area contributed by atoms with Crippen molar-refractivity contribution < 1.29 is 13.2 Å². The van der Waals surface area contributed by atoms with Crippen LogP contribution in [0.4, 0.5) is 5.69 Å². The van der Waals surface area contributed by atoms with Crippen molar-refractivity contribution in [2.45, 2.75) is 37.2 Å². The number of benzene rings is 1. The Morgan fingerprint density at radius 1 is 1.37 bits per heavy atom. The van der Waals surface area contributed by atoms with Gasteiger partial charge in [-0.1, -0.05) is 0 Å². The van der Waals surface area contributed by atoms with Gasteiger partial charge in [0, 0.05) is 18.8 Å². The summed E-state index contributed by atoms with van der Waals surface area (Å²) in [4.78, 5) is 0.209. The van der Waals surface area contributed by atoms with Gasteiger partial charge in [-0.15, -0.1) is 0 Å². The van der Waals surface area contributed by atoms with Crippen LogP contribution in [0.5, 0.6) is 0 Å². The molecule has 1 atom stereocenters. The summed E-state index contributed by atoms with van der Waals surface area (Å²) in [6.07, 6.45) is 3.02. The lowest BCUT2D eigenvalue weighted by Gasteiger charge is -2.22. The lowest BCUT2D eigenvalue weighted by molar-refractivity contribution is 0.0200. The average Bonchev–Trinajstić information content (AvgIpc) is 2.37. The molecule has 0 saturated carbocycles. The van der Waals surface area contributed by atoms with Gasteiger partial charge in [-0.2, -0.15) is 0 Å². The minimum Gasteiger partial charge on any atom is -0.399 e. The highest BCUT2D eigenvalue weighted by Gasteiger charge is 2.19. The Morgan fingerprint density at radius 3 is 2.79 bits per heavy atom. The molecule has 2 rings (SSSR count). The second-order valence-electron chi connectivity index (χ2n) is 4.92. The average molecular weight is 284 g/mol. The van der Waals surface area contributed by atoms with E-state index in [4.69, 9.17) is 10.5 Å². The predicted molar refractivity (Wildman–Crippen MR) is 74.4 cm³/mol. The fraction of sp³-hybridized carbons (Fsp3) is 0.538. The second kappa shape index (κ2) is 5.90. The van der Waals surface area contributed by atoms with Crippen LogP contribution in [-0.4, -0.2) is 27.7 Å². The molecule has 1 aliphatic heterocycles. The zero-order chi connectivity index (χ0) is 13.9. The Hall–Kier alpha value is -1.11. The molecule has 0 aliphatic carbocycles. The van der Waals surface area contributed by atoms with Crippen molar-refractivity contribution in [3.63, 3.8) is 0 Å². The molecule has 0 spiro atoms. The normalized spacial score (nSPS) is 20.4. The molecule has 1 saturated heterocycles. The highest BCUT2D eigenvalue weighted by molar-refractivity contribution is 7.89. The number of rotatable bonds is 4. The highest BCUT2D eigenvalue weighted by atomic mass is 32.2. The van der Waals surface area contributed by atoms with E-state index in [1.54, 1.807) is 12.1 Å². The molecule has 3 N–H and O–H groups in total. The summed E-state index contributed by atoms with van der Waals surface area (Å²) in [6.45, 7) is 2.85. The number of hydrogen-bond donors (Lipinski definition) is 2. The van der Waals surface area contributed by atoms with Crippen LogP contribution in [0.1, 0.15) is 24.8 Å². The van der Waals surface area contributed by atoms with Gasteiger partial charge >= 0.3 is 0 Å². The van der Waals surface area contributed by atoms with Crippen LogP contribution in [0.3, 0.4) is 0 Å². The summed E-state index contributed by atoms with van der Waals surface area (Å²) in [5.74, 6) is 0. The SMILES string of the molecule is Cc1cc(N)cc(S(=O)(=O)NCC2CCCCO2)c1. The summed E-state index contributed by atoms with van der Waals surface area (Å²) in [5, 5.41) is 0. The smallest absolute Gasteiger partial charge is 0.240 e. The van der Waals surface area contributed by atoms with Crippen LogP contribution >= 0.6 is 0 Å². The molecule has 1 heterocycles. The topological polar surface area (TPSA) is 81.4 Å². The number of hydrogen-bond acceptors (Lipinski definition) is 4. The number of nitrogens with one attached hydrogen (secondary N) is 1. The molecule has 1 aliphatic rings. The number of anilines is 1. The van der Waals surface area contributed by atoms with E-state index in [1.165, 1.54) is 6.07 Å². The first-order valence-electron chi connectivity index (χ1n) is 6.46. The van der Waals surface area contributed by atoms with Crippen molar-refractivity contribution in [2.24, 2.45) is 0 Å². The van der Waals surface area contributed by atoms with Gasteiger partial charge in [0.15, 0.2) is 0 Å². The molecule has 6 heteroatoms.